The highest BCUT2D eigenvalue weighted by Crippen LogP contribution is 2.45. The van der Waals surface area contributed by atoms with Gasteiger partial charge in [0.2, 0.25) is 0 Å². The maximum absolute atomic E-state index is 12.7. The van der Waals surface area contributed by atoms with Crippen molar-refractivity contribution >= 4 is 23.5 Å². The first-order valence-electron chi connectivity index (χ1n) is 7.14. The molecule has 0 spiro atoms. The van der Waals surface area contributed by atoms with Gasteiger partial charge >= 0.3 is 5.97 Å². The fourth-order valence-corrected chi connectivity index (χ4v) is 4.66. The summed E-state index contributed by atoms with van der Waals surface area (Å²) in [5.74, 6) is 0.118. The minimum absolute atomic E-state index is 0.00394. The molecule has 3 atom stereocenters. The molecule has 3 nitrogen and oxygen atoms in total. The van der Waals surface area contributed by atoms with Gasteiger partial charge in [-0.25, -0.2) is 0 Å². The molecule has 1 saturated carbocycles. The lowest BCUT2D eigenvalue weighted by atomic mass is 9.76. The molecule has 1 fully saturated rings. The predicted octanol–water partition coefficient (Wildman–Crippen LogP) is 3.67. The van der Waals surface area contributed by atoms with Crippen molar-refractivity contribution < 1.29 is 14.3 Å². The van der Waals surface area contributed by atoms with Crippen LogP contribution in [0.25, 0.3) is 0 Å². The third kappa shape index (κ3) is 2.49. The van der Waals surface area contributed by atoms with Crippen LogP contribution < -0.4 is 0 Å². The van der Waals surface area contributed by atoms with E-state index in [0.717, 1.165) is 36.1 Å². The maximum atomic E-state index is 12.7. The normalized spacial score (nSPS) is 29.1. The Morgan fingerprint density at radius 2 is 2.00 bits per heavy atom. The summed E-state index contributed by atoms with van der Waals surface area (Å²) in [5, 5.41) is 0. The Balaban J connectivity index is 2.01. The minimum atomic E-state index is -0.265. The van der Waals surface area contributed by atoms with E-state index in [2.05, 4.69) is 0 Å². The van der Waals surface area contributed by atoms with Gasteiger partial charge in [0.05, 0.1) is 0 Å². The van der Waals surface area contributed by atoms with Crippen LogP contribution in [0.4, 0.5) is 0 Å². The third-order valence-electron chi connectivity index (χ3n) is 4.18. The van der Waals surface area contributed by atoms with E-state index in [1.54, 1.807) is 0 Å². The average Bonchev–Trinajstić information content (AvgIpc) is 2.56. The van der Waals surface area contributed by atoms with E-state index < -0.39 is 0 Å². The molecule has 0 saturated heterocycles. The van der Waals surface area contributed by atoms with Crippen molar-refractivity contribution in [1.29, 1.82) is 0 Å². The molecule has 1 aliphatic heterocycles. The number of benzene rings is 1. The number of rotatable bonds is 1. The van der Waals surface area contributed by atoms with Crippen LogP contribution in [0.5, 0.6) is 0 Å². The van der Waals surface area contributed by atoms with Gasteiger partial charge in [-0.15, -0.1) is 0 Å². The van der Waals surface area contributed by atoms with E-state index in [0.29, 0.717) is 0 Å². The molecule has 0 amide bonds. The quantitative estimate of drug-likeness (QED) is 0.740. The number of carbonyl (C=O) groups excluding carboxylic acids is 2. The van der Waals surface area contributed by atoms with Crippen LogP contribution in [0.3, 0.4) is 0 Å². The Kier molecular flexibility index (Phi) is 3.83. The number of ether oxygens (including phenoxy) is 1. The van der Waals surface area contributed by atoms with Crippen molar-refractivity contribution in [3.05, 3.63) is 29.8 Å². The Hall–Kier alpha value is -1.29. The molecule has 1 aromatic rings. The van der Waals surface area contributed by atoms with E-state index in [1.807, 2.05) is 24.3 Å². The maximum Gasteiger partial charge on any atom is 0.303 e. The SMILES string of the molecule is CC(=O)O[C@H]1Sc2ccccc2C(=O)[C@@H]2CCCC[C@@H]12. The van der Waals surface area contributed by atoms with Gasteiger partial charge in [0.15, 0.2) is 11.2 Å². The summed E-state index contributed by atoms with van der Waals surface area (Å²) in [5.41, 5.74) is 0.564. The van der Waals surface area contributed by atoms with E-state index in [9.17, 15) is 9.59 Å². The number of Topliss-reactive ketones (excluding diaryl/α,β-unsaturated/α-hetero) is 1. The van der Waals surface area contributed by atoms with Gasteiger partial charge in [0.25, 0.3) is 0 Å². The number of thioether (sulfide) groups is 1. The molecular weight excluding hydrogens is 272 g/mol. The second-order valence-corrected chi connectivity index (χ2v) is 6.65. The number of hydrogen-bond acceptors (Lipinski definition) is 4. The molecule has 0 aromatic heterocycles. The summed E-state index contributed by atoms with van der Waals surface area (Å²) >= 11 is 1.53. The lowest BCUT2D eigenvalue weighted by Gasteiger charge is -2.33. The standard InChI is InChI=1S/C16H18O3S/c1-10(17)19-16-12-7-3-2-6-11(12)15(18)13-8-4-5-9-14(13)20-16/h4-5,8-9,11-12,16H,2-3,6-7H2,1H3/t11-,12-,16+/m1/s1. The van der Waals surface area contributed by atoms with Gasteiger partial charge < -0.3 is 4.74 Å². The van der Waals surface area contributed by atoms with Crippen molar-refractivity contribution in [3.63, 3.8) is 0 Å². The fraction of sp³-hybridized carbons (Fsp3) is 0.500. The fourth-order valence-electron chi connectivity index (χ4n) is 3.27. The average molecular weight is 290 g/mol. The number of esters is 1. The van der Waals surface area contributed by atoms with Gasteiger partial charge in [-0.2, -0.15) is 0 Å². The first-order chi connectivity index (χ1) is 9.66. The van der Waals surface area contributed by atoms with Crippen molar-refractivity contribution in [2.75, 3.05) is 0 Å². The summed E-state index contributed by atoms with van der Waals surface area (Å²) in [7, 11) is 0. The molecule has 106 valence electrons. The van der Waals surface area contributed by atoms with Crippen LogP contribution >= 0.6 is 11.8 Å². The zero-order valence-corrected chi connectivity index (χ0v) is 12.3. The lowest BCUT2D eigenvalue weighted by Crippen LogP contribution is -2.34. The molecule has 0 radical (unpaired) electrons. The molecule has 4 heteroatoms. The molecule has 0 N–H and O–H groups in total. The topological polar surface area (TPSA) is 43.4 Å². The third-order valence-corrected chi connectivity index (χ3v) is 5.47. The van der Waals surface area contributed by atoms with E-state index in [-0.39, 0.29) is 29.0 Å². The van der Waals surface area contributed by atoms with Crippen molar-refractivity contribution in [2.24, 2.45) is 11.8 Å². The van der Waals surface area contributed by atoms with Crippen molar-refractivity contribution in [1.82, 2.24) is 0 Å². The first kappa shape index (κ1) is 13.7. The second-order valence-electron chi connectivity index (χ2n) is 5.51. The monoisotopic (exact) mass is 290 g/mol. The molecular formula is C16H18O3S. The zero-order chi connectivity index (χ0) is 14.1. The van der Waals surface area contributed by atoms with Gasteiger partial charge in [-0.1, -0.05) is 42.8 Å². The Morgan fingerprint density at radius 1 is 1.25 bits per heavy atom. The molecule has 2 aliphatic rings. The minimum Gasteiger partial charge on any atom is -0.451 e. The van der Waals surface area contributed by atoms with Gasteiger partial charge in [-0.05, 0) is 18.9 Å². The van der Waals surface area contributed by atoms with Crippen LogP contribution in [0.2, 0.25) is 0 Å². The highest BCUT2D eigenvalue weighted by Gasteiger charge is 2.42. The Morgan fingerprint density at radius 3 is 2.80 bits per heavy atom. The molecule has 0 unspecified atom stereocenters. The number of hydrogen-bond donors (Lipinski definition) is 0. The van der Waals surface area contributed by atoms with Gasteiger partial charge in [0.1, 0.15) is 0 Å². The number of fused-ring (bicyclic) bond motifs is 2. The Labute approximate surface area is 123 Å². The van der Waals surface area contributed by atoms with Crippen LogP contribution in [0.1, 0.15) is 43.0 Å². The van der Waals surface area contributed by atoms with Gasteiger partial charge in [0, 0.05) is 29.2 Å². The molecule has 1 aromatic carbocycles. The molecule has 1 aliphatic carbocycles. The van der Waals surface area contributed by atoms with Crippen LogP contribution in [-0.2, 0) is 9.53 Å². The predicted molar refractivity (Wildman–Crippen MR) is 77.6 cm³/mol. The second kappa shape index (κ2) is 5.60. The first-order valence-corrected chi connectivity index (χ1v) is 8.02. The highest BCUT2D eigenvalue weighted by atomic mass is 32.2. The van der Waals surface area contributed by atoms with Crippen molar-refractivity contribution in [3.8, 4) is 0 Å². The summed E-state index contributed by atoms with van der Waals surface area (Å²) < 4.78 is 5.52. The number of ketones is 1. The summed E-state index contributed by atoms with van der Waals surface area (Å²) in [6.45, 7) is 1.44. The van der Waals surface area contributed by atoms with E-state index in [1.165, 1.54) is 18.7 Å². The number of carbonyl (C=O) groups is 2. The summed E-state index contributed by atoms with van der Waals surface area (Å²) in [6.07, 6.45) is 4.08. The summed E-state index contributed by atoms with van der Waals surface area (Å²) in [4.78, 5) is 25.1. The molecule has 20 heavy (non-hydrogen) atoms. The van der Waals surface area contributed by atoms with Crippen LogP contribution in [-0.4, -0.2) is 17.2 Å². The van der Waals surface area contributed by atoms with E-state index in [4.69, 9.17) is 4.74 Å². The van der Waals surface area contributed by atoms with E-state index >= 15 is 0 Å². The Bertz CT molecular complexity index is 540. The molecule has 3 rings (SSSR count). The highest BCUT2D eigenvalue weighted by molar-refractivity contribution is 8.00. The molecule has 1 heterocycles. The van der Waals surface area contributed by atoms with Crippen LogP contribution in [0, 0.1) is 11.8 Å². The summed E-state index contributed by atoms with van der Waals surface area (Å²) in [6, 6.07) is 7.68. The van der Waals surface area contributed by atoms with Gasteiger partial charge in [-0.3, -0.25) is 9.59 Å². The molecule has 0 bridgehead atoms. The lowest BCUT2D eigenvalue weighted by molar-refractivity contribution is -0.145. The zero-order valence-electron chi connectivity index (χ0n) is 11.5. The van der Waals surface area contributed by atoms with Crippen molar-refractivity contribution in [2.45, 2.75) is 42.9 Å². The largest absolute Gasteiger partial charge is 0.451 e. The smallest absolute Gasteiger partial charge is 0.303 e. The van der Waals surface area contributed by atoms with Crippen LogP contribution in [0.15, 0.2) is 29.2 Å².